The minimum atomic E-state index is -0.526. The first-order valence-electron chi connectivity index (χ1n) is 5.28. The standard InChI is InChI=1S/C12H14N2O3/c1-12(2,3)17-11(15)14-8-5-4-6-9-10(8)13-7-16-9/h4-7H,1-3H3,(H,14,15). The van der Waals surface area contributed by atoms with Crippen LogP contribution in [-0.2, 0) is 4.74 Å². The average molecular weight is 234 g/mol. The molecule has 2 rings (SSSR count). The smallest absolute Gasteiger partial charge is 0.412 e. The molecule has 0 bridgehead atoms. The van der Waals surface area contributed by atoms with Crippen LogP contribution >= 0.6 is 0 Å². The minimum Gasteiger partial charge on any atom is -0.444 e. The Bertz CT molecular complexity index is 540. The van der Waals surface area contributed by atoms with Crippen LogP contribution in [0.4, 0.5) is 10.5 Å². The number of hydrogen-bond donors (Lipinski definition) is 1. The maximum absolute atomic E-state index is 11.6. The van der Waals surface area contributed by atoms with Gasteiger partial charge in [0.25, 0.3) is 0 Å². The van der Waals surface area contributed by atoms with Gasteiger partial charge in [-0.25, -0.2) is 9.78 Å². The Labute approximate surface area is 98.8 Å². The minimum absolute atomic E-state index is 0.506. The van der Waals surface area contributed by atoms with Crippen LogP contribution in [0.5, 0.6) is 0 Å². The molecule has 0 radical (unpaired) electrons. The lowest BCUT2D eigenvalue weighted by Gasteiger charge is -2.19. The van der Waals surface area contributed by atoms with Crippen LogP contribution in [0.25, 0.3) is 11.1 Å². The third-order valence-corrected chi connectivity index (χ3v) is 2.00. The van der Waals surface area contributed by atoms with Crippen molar-refractivity contribution in [2.24, 2.45) is 0 Å². The lowest BCUT2D eigenvalue weighted by Crippen LogP contribution is -2.27. The molecule has 0 aliphatic carbocycles. The number of amides is 1. The van der Waals surface area contributed by atoms with Crippen LogP contribution in [0.1, 0.15) is 20.8 Å². The number of anilines is 1. The number of nitrogens with one attached hydrogen (secondary N) is 1. The largest absolute Gasteiger partial charge is 0.444 e. The van der Waals surface area contributed by atoms with E-state index in [9.17, 15) is 4.79 Å². The van der Waals surface area contributed by atoms with E-state index in [1.807, 2.05) is 20.8 Å². The van der Waals surface area contributed by atoms with Crippen molar-refractivity contribution < 1.29 is 13.9 Å². The molecule has 0 fully saturated rings. The number of carbonyl (C=O) groups is 1. The monoisotopic (exact) mass is 234 g/mol. The molecule has 2 aromatic rings. The number of carbonyl (C=O) groups excluding carboxylic acids is 1. The third-order valence-electron chi connectivity index (χ3n) is 2.00. The normalized spacial score (nSPS) is 11.5. The van der Waals surface area contributed by atoms with Gasteiger partial charge in [-0.3, -0.25) is 5.32 Å². The second-order valence-corrected chi connectivity index (χ2v) is 4.63. The summed E-state index contributed by atoms with van der Waals surface area (Å²) in [5, 5.41) is 2.64. The van der Waals surface area contributed by atoms with Crippen molar-refractivity contribution in [1.82, 2.24) is 4.98 Å². The summed E-state index contributed by atoms with van der Waals surface area (Å²) in [7, 11) is 0. The maximum Gasteiger partial charge on any atom is 0.412 e. The van der Waals surface area contributed by atoms with E-state index in [1.165, 1.54) is 6.39 Å². The number of hydrogen-bond acceptors (Lipinski definition) is 4. The molecule has 5 nitrogen and oxygen atoms in total. The Hall–Kier alpha value is -2.04. The Morgan fingerprint density at radius 3 is 2.88 bits per heavy atom. The van der Waals surface area contributed by atoms with Gasteiger partial charge in [-0.1, -0.05) is 6.07 Å². The molecule has 90 valence electrons. The first kappa shape index (κ1) is 11.4. The molecule has 1 N–H and O–H groups in total. The zero-order chi connectivity index (χ0) is 12.5. The summed E-state index contributed by atoms with van der Waals surface area (Å²) >= 11 is 0. The van der Waals surface area contributed by atoms with Gasteiger partial charge in [0, 0.05) is 0 Å². The Morgan fingerprint density at radius 2 is 2.18 bits per heavy atom. The first-order valence-corrected chi connectivity index (χ1v) is 5.28. The molecular formula is C12H14N2O3. The molecule has 0 spiro atoms. The summed E-state index contributed by atoms with van der Waals surface area (Å²) in [6.07, 6.45) is 0.832. The second-order valence-electron chi connectivity index (χ2n) is 4.63. The molecule has 0 unspecified atom stereocenters. The van der Waals surface area contributed by atoms with Gasteiger partial charge in [0.05, 0.1) is 5.69 Å². The van der Waals surface area contributed by atoms with E-state index in [4.69, 9.17) is 9.15 Å². The first-order chi connectivity index (χ1) is 7.96. The fourth-order valence-electron chi connectivity index (χ4n) is 1.40. The molecule has 5 heteroatoms. The van der Waals surface area contributed by atoms with Crippen LogP contribution in [-0.4, -0.2) is 16.7 Å². The van der Waals surface area contributed by atoms with Gasteiger partial charge in [0.2, 0.25) is 0 Å². The molecule has 1 heterocycles. The fraction of sp³-hybridized carbons (Fsp3) is 0.333. The highest BCUT2D eigenvalue weighted by atomic mass is 16.6. The summed E-state index contributed by atoms with van der Waals surface area (Å²) in [6.45, 7) is 5.43. The molecule has 0 aliphatic heterocycles. The molecule has 1 aromatic heterocycles. The highest BCUT2D eigenvalue weighted by Crippen LogP contribution is 2.22. The number of fused-ring (bicyclic) bond motifs is 1. The molecule has 1 aromatic carbocycles. The predicted molar refractivity (Wildman–Crippen MR) is 63.9 cm³/mol. The lowest BCUT2D eigenvalue weighted by atomic mass is 10.2. The van der Waals surface area contributed by atoms with Crippen LogP contribution < -0.4 is 5.32 Å². The average Bonchev–Trinajstić information content (AvgIpc) is 2.63. The Morgan fingerprint density at radius 1 is 1.41 bits per heavy atom. The summed E-state index contributed by atoms with van der Waals surface area (Å²) in [5.74, 6) is 0. The summed E-state index contributed by atoms with van der Waals surface area (Å²) in [4.78, 5) is 15.6. The van der Waals surface area contributed by atoms with Gasteiger partial charge in [-0.15, -0.1) is 0 Å². The van der Waals surface area contributed by atoms with Crippen molar-refractivity contribution in [2.75, 3.05) is 5.32 Å². The van der Waals surface area contributed by atoms with E-state index in [2.05, 4.69) is 10.3 Å². The van der Waals surface area contributed by atoms with Crippen LogP contribution in [0.3, 0.4) is 0 Å². The SMILES string of the molecule is CC(C)(C)OC(=O)Nc1cccc2ocnc12. The van der Waals surface area contributed by atoms with Crippen molar-refractivity contribution in [3.63, 3.8) is 0 Å². The van der Waals surface area contributed by atoms with Crippen LogP contribution in [0.2, 0.25) is 0 Å². The van der Waals surface area contributed by atoms with E-state index < -0.39 is 11.7 Å². The zero-order valence-corrected chi connectivity index (χ0v) is 9.98. The number of rotatable bonds is 1. The van der Waals surface area contributed by atoms with Gasteiger partial charge < -0.3 is 9.15 Å². The van der Waals surface area contributed by atoms with E-state index in [0.29, 0.717) is 16.8 Å². The number of para-hydroxylation sites is 1. The highest BCUT2D eigenvalue weighted by Gasteiger charge is 2.17. The van der Waals surface area contributed by atoms with Gasteiger partial charge >= 0.3 is 6.09 Å². The van der Waals surface area contributed by atoms with Crippen molar-refractivity contribution >= 4 is 22.9 Å². The number of nitrogens with zero attached hydrogens (tertiary/aromatic N) is 1. The highest BCUT2D eigenvalue weighted by molar-refractivity contribution is 5.95. The maximum atomic E-state index is 11.6. The third kappa shape index (κ3) is 2.75. The molecule has 0 saturated carbocycles. The predicted octanol–water partition coefficient (Wildman–Crippen LogP) is 3.17. The number of oxazole rings is 1. The molecule has 1 amide bonds. The molecule has 17 heavy (non-hydrogen) atoms. The fourth-order valence-corrected chi connectivity index (χ4v) is 1.40. The number of benzene rings is 1. The number of aromatic nitrogens is 1. The topological polar surface area (TPSA) is 64.4 Å². The van der Waals surface area contributed by atoms with E-state index in [0.717, 1.165) is 0 Å². The van der Waals surface area contributed by atoms with Gasteiger partial charge in [0.15, 0.2) is 12.0 Å². The van der Waals surface area contributed by atoms with Crippen molar-refractivity contribution in [3.05, 3.63) is 24.6 Å². The lowest BCUT2D eigenvalue weighted by molar-refractivity contribution is 0.0636. The zero-order valence-electron chi connectivity index (χ0n) is 9.98. The number of ether oxygens (including phenoxy) is 1. The molecule has 0 saturated heterocycles. The van der Waals surface area contributed by atoms with Gasteiger partial charge in [0.1, 0.15) is 11.1 Å². The molecular weight excluding hydrogens is 220 g/mol. The van der Waals surface area contributed by atoms with Crippen LogP contribution in [0, 0.1) is 0 Å². The van der Waals surface area contributed by atoms with Gasteiger partial charge in [-0.05, 0) is 32.9 Å². The molecule has 0 aliphatic rings. The quantitative estimate of drug-likeness (QED) is 0.823. The summed E-state index contributed by atoms with van der Waals surface area (Å²) in [6, 6.07) is 5.30. The Balaban J connectivity index is 2.18. The van der Waals surface area contributed by atoms with Gasteiger partial charge in [-0.2, -0.15) is 0 Å². The van der Waals surface area contributed by atoms with Crippen molar-refractivity contribution in [1.29, 1.82) is 0 Å². The Kier molecular flexibility index (Phi) is 2.75. The van der Waals surface area contributed by atoms with E-state index in [-0.39, 0.29) is 0 Å². The van der Waals surface area contributed by atoms with E-state index >= 15 is 0 Å². The molecule has 0 atom stereocenters. The second kappa shape index (κ2) is 4.08. The van der Waals surface area contributed by atoms with Crippen molar-refractivity contribution in [3.8, 4) is 0 Å². The summed E-state index contributed by atoms with van der Waals surface area (Å²) in [5.41, 5.74) is 1.28. The summed E-state index contributed by atoms with van der Waals surface area (Å²) < 4.78 is 10.3. The van der Waals surface area contributed by atoms with Crippen molar-refractivity contribution in [2.45, 2.75) is 26.4 Å². The van der Waals surface area contributed by atoms with E-state index in [1.54, 1.807) is 18.2 Å². The van der Waals surface area contributed by atoms with Crippen LogP contribution in [0.15, 0.2) is 29.0 Å².